The van der Waals surface area contributed by atoms with Crippen LogP contribution in [0.2, 0.25) is 0 Å². The highest BCUT2D eigenvalue weighted by molar-refractivity contribution is 5.49. The SMILES string of the molecule is COc1cccc(NC2CCCC2O)c1. The van der Waals surface area contributed by atoms with Crippen molar-refractivity contribution < 1.29 is 9.84 Å². The molecule has 0 radical (unpaired) electrons. The second kappa shape index (κ2) is 4.53. The van der Waals surface area contributed by atoms with Crippen molar-refractivity contribution >= 4 is 5.69 Å². The van der Waals surface area contributed by atoms with Crippen LogP contribution >= 0.6 is 0 Å². The second-order valence-electron chi connectivity index (χ2n) is 3.98. The Morgan fingerprint density at radius 2 is 2.27 bits per heavy atom. The minimum absolute atomic E-state index is 0.192. The van der Waals surface area contributed by atoms with Crippen LogP contribution in [0.25, 0.3) is 0 Å². The summed E-state index contributed by atoms with van der Waals surface area (Å²) in [5.41, 5.74) is 1.01. The maximum absolute atomic E-state index is 9.68. The first kappa shape index (κ1) is 10.3. The van der Waals surface area contributed by atoms with Crippen LogP contribution in [0, 0.1) is 0 Å². The molecule has 0 bridgehead atoms. The Hall–Kier alpha value is -1.22. The third kappa shape index (κ3) is 2.42. The van der Waals surface area contributed by atoms with Crippen LogP contribution in [0.1, 0.15) is 19.3 Å². The largest absolute Gasteiger partial charge is 0.497 e. The molecule has 15 heavy (non-hydrogen) atoms. The van der Waals surface area contributed by atoms with Gasteiger partial charge in [0.05, 0.1) is 19.3 Å². The van der Waals surface area contributed by atoms with Gasteiger partial charge in [0.25, 0.3) is 0 Å². The van der Waals surface area contributed by atoms with Crippen molar-refractivity contribution in [3.05, 3.63) is 24.3 Å². The molecule has 3 nitrogen and oxygen atoms in total. The van der Waals surface area contributed by atoms with Gasteiger partial charge in [0, 0.05) is 11.8 Å². The van der Waals surface area contributed by atoms with Crippen molar-refractivity contribution in [2.24, 2.45) is 0 Å². The lowest BCUT2D eigenvalue weighted by Gasteiger charge is -2.18. The Morgan fingerprint density at radius 3 is 2.93 bits per heavy atom. The third-order valence-electron chi connectivity index (χ3n) is 2.90. The van der Waals surface area contributed by atoms with Crippen molar-refractivity contribution in [1.82, 2.24) is 0 Å². The highest BCUT2D eigenvalue weighted by Crippen LogP contribution is 2.24. The highest BCUT2D eigenvalue weighted by atomic mass is 16.5. The van der Waals surface area contributed by atoms with E-state index in [0.29, 0.717) is 0 Å². The van der Waals surface area contributed by atoms with Gasteiger partial charge in [0.2, 0.25) is 0 Å². The van der Waals surface area contributed by atoms with E-state index in [1.54, 1.807) is 7.11 Å². The van der Waals surface area contributed by atoms with E-state index < -0.39 is 0 Å². The molecule has 2 N–H and O–H groups in total. The molecular weight excluding hydrogens is 190 g/mol. The fourth-order valence-corrected chi connectivity index (χ4v) is 2.04. The van der Waals surface area contributed by atoms with Crippen LogP contribution in [0.15, 0.2) is 24.3 Å². The van der Waals surface area contributed by atoms with Crippen LogP contribution in [0.4, 0.5) is 5.69 Å². The first-order chi connectivity index (χ1) is 7.29. The number of methoxy groups -OCH3 is 1. The lowest BCUT2D eigenvalue weighted by molar-refractivity contribution is 0.172. The van der Waals surface area contributed by atoms with E-state index in [4.69, 9.17) is 4.74 Å². The van der Waals surface area contributed by atoms with Crippen molar-refractivity contribution in [3.8, 4) is 5.75 Å². The molecule has 1 aliphatic rings. The summed E-state index contributed by atoms with van der Waals surface area (Å²) in [5.74, 6) is 0.840. The van der Waals surface area contributed by atoms with Gasteiger partial charge in [-0.15, -0.1) is 0 Å². The smallest absolute Gasteiger partial charge is 0.120 e. The summed E-state index contributed by atoms with van der Waals surface area (Å²) in [4.78, 5) is 0. The van der Waals surface area contributed by atoms with Gasteiger partial charge in [0.15, 0.2) is 0 Å². The molecule has 1 fully saturated rings. The molecule has 1 aromatic rings. The summed E-state index contributed by atoms with van der Waals surface area (Å²) < 4.78 is 5.14. The van der Waals surface area contributed by atoms with Crippen molar-refractivity contribution in [2.45, 2.75) is 31.4 Å². The molecular formula is C12H17NO2. The molecule has 2 atom stereocenters. The molecule has 3 heteroatoms. The summed E-state index contributed by atoms with van der Waals surface area (Å²) in [6.07, 6.45) is 2.83. The Bertz CT molecular complexity index is 327. The summed E-state index contributed by atoms with van der Waals surface area (Å²) in [7, 11) is 1.66. The van der Waals surface area contributed by atoms with Crippen LogP contribution in [0.3, 0.4) is 0 Å². The first-order valence-corrected chi connectivity index (χ1v) is 5.38. The number of aliphatic hydroxyl groups is 1. The lowest BCUT2D eigenvalue weighted by atomic mass is 10.2. The number of hydrogen-bond acceptors (Lipinski definition) is 3. The molecule has 0 heterocycles. The lowest BCUT2D eigenvalue weighted by Crippen LogP contribution is -2.27. The van der Waals surface area contributed by atoms with Gasteiger partial charge in [-0.25, -0.2) is 0 Å². The van der Waals surface area contributed by atoms with Gasteiger partial charge in [-0.2, -0.15) is 0 Å². The molecule has 82 valence electrons. The molecule has 0 amide bonds. The van der Waals surface area contributed by atoms with Crippen molar-refractivity contribution in [1.29, 1.82) is 0 Å². The van der Waals surface area contributed by atoms with Gasteiger partial charge in [-0.05, 0) is 31.4 Å². The minimum atomic E-state index is -0.212. The average molecular weight is 207 g/mol. The number of benzene rings is 1. The summed E-state index contributed by atoms with van der Waals surface area (Å²) in [6, 6.07) is 7.99. The fourth-order valence-electron chi connectivity index (χ4n) is 2.04. The highest BCUT2D eigenvalue weighted by Gasteiger charge is 2.24. The molecule has 0 spiro atoms. The van der Waals surface area contributed by atoms with Crippen molar-refractivity contribution in [2.75, 3.05) is 12.4 Å². The van der Waals surface area contributed by atoms with Gasteiger partial charge >= 0.3 is 0 Å². The zero-order valence-electron chi connectivity index (χ0n) is 8.94. The summed E-state index contributed by atoms with van der Waals surface area (Å²) in [5, 5.41) is 13.0. The Morgan fingerprint density at radius 1 is 1.40 bits per heavy atom. The zero-order valence-corrected chi connectivity index (χ0v) is 8.94. The van der Waals surface area contributed by atoms with E-state index in [-0.39, 0.29) is 12.1 Å². The van der Waals surface area contributed by atoms with Crippen LogP contribution in [0.5, 0.6) is 5.75 Å². The molecule has 1 aromatic carbocycles. The number of anilines is 1. The maximum Gasteiger partial charge on any atom is 0.120 e. The van der Waals surface area contributed by atoms with Gasteiger partial charge < -0.3 is 15.2 Å². The Balaban J connectivity index is 2.03. The number of nitrogens with one attached hydrogen (secondary N) is 1. The second-order valence-corrected chi connectivity index (χ2v) is 3.98. The average Bonchev–Trinajstić information content (AvgIpc) is 2.65. The molecule has 0 aliphatic heterocycles. The van der Waals surface area contributed by atoms with E-state index in [1.807, 2.05) is 24.3 Å². The number of ether oxygens (including phenoxy) is 1. The third-order valence-corrected chi connectivity index (χ3v) is 2.90. The molecule has 0 aromatic heterocycles. The zero-order chi connectivity index (χ0) is 10.7. The van der Waals surface area contributed by atoms with E-state index >= 15 is 0 Å². The van der Waals surface area contributed by atoms with Crippen LogP contribution in [-0.2, 0) is 0 Å². The van der Waals surface area contributed by atoms with E-state index in [1.165, 1.54) is 0 Å². The topological polar surface area (TPSA) is 41.5 Å². The quantitative estimate of drug-likeness (QED) is 0.796. The van der Waals surface area contributed by atoms with Gasteiger partial charge in [-0.3, -0.25) is 0 Å². The molecule has 1 saturated carbocycles. The molecule has 0 saturated heterocycles. The predicted octanol–water partition coefficient (Wildman–Crippen LogP) is 2.02. The first-order valence-electron chi connectivity index (χ1n) is 5.38. The van der Waals surface area contributed by atoms with E-state index in [0.717, 1.165) is 30.7 Å². The Kier molecular flexibility index (Phi) is 3.11. The molecule has 1 aliphatic carbocycles. The van der Waals surface area contributed by atoms with Crippen molar-refractivity contribution in [3.63, 3.8) is 0 Å². The number of aliphatic hydroxyl groups excluding tert-OH is 1. The molecule has 2 unspecified atom stereocenters. The van der Waals surface area contributed by atoms with E-state index in [2.05, 4.69) is 5.32 Å². The van der Waals surface area contributed by atoms with Crippen LogP contribution < -0.4 is 10.1 Å². The minimum Gasteiger partial charge on any atom is -0.497 e. The molecule has 2 rings (SSSR count). The normalized spacial score (nSPS) is 25.2. The number of rotatable bonds is 3. The Labute approximate surface area is 90.1 Å². The summed E-state index contributed by atoms with van der Waals surface area (Å²) in [6.45, 7) is 0. The van der Waals surface area contributed by atoms with Gasteiger partial charge in [-0.1, -0.05) is 6.07 Å². The van der Waals surface area contributed by atoms with Gasteiger partial charge in [0.1, 0.15) is 5.75 Å². The summed E-state index contributed by atoms with van der Waals surface area (Å²) >= 11 is 0. The standard InChI is InChI=1S/C12H17NO2/c1-15-10-5-2-4-9(8-10)13-11-6-3-7-12(11)14/h2,4-5,8,11-14H,3,6-7H2,1H3. The monoisotopic (exact) mass is 207 g/mol. The number of hydrogen-bond donors (Lipinski definition) is 2. The fraction of sp³-hybridized carbons (Fsp3) is 0.500. The van der Waals surface area contributed by atoms with Crippen LogP contribution in [-0.4, -0.2) is 24.4 Å². The maximum atomic E-state index is 9.68. The van der Waals surface area contributed by atoms with E-state index in [9.17, 15) is 5.11 Å². The predicted molar refractivity (Wildman–Crippen MR) is 60.3 cm³/mol.